The number of benzene rings is 1. The summed E-state index contributed by atoms with van der Waals surface area (Å²) in [6, 6.07) is 6.07. The van der Waals surface area contributed by atoms with Gasteiger partial charge in [0.1, 0.15) is 5.75 Å². The second-order valence-electron chi connectivity index (χ2n) is 5.73. The lowest BCUT2D eigenvalue weighted by atomic mass is 10.1. The molecule has 0 radical (unpaired) electrons. The van der Waals surface area contributed by atoms with Gasteiger partial charge in [0.2, 0.25) is 0 Å². The van der Waals surface area contributed by atoms with Gasteiger partial charge in [-0.3, -0.25) is 4.79 Å². The number of carbonyl (C=O) groups excluding carboxylic acids is 1. The molecule has 0 unspecified atom stereocenters. The van der Waals surface area contributed by atoms with E-state index in [1.54, 1.807) is 0 Å². The van der Waals surface area contributed by atoms with E-state index >= 15 is 0 Å². The molecule has 1 heterocycles. The minimum atomic E-state index is 0.105. The van der Waals surface area contributed by atoms with Crippen molar-refractivity contribution in [2.75, 3.05) is 26.7 Å². The second kappa shape index (κ2) is 8.03. The molecule has 1 aliphatic rings. The Kier molecular flexibility index (Phi) is 6.05. The first-order valence-corrected chi connectivity index (χ1v) is 7.85. The molecule has 1 aromatic carbocycles. The van der Waals surface area contributed by atoms with Gasteiger partial charge >= 0.3 is 0 Å². The Morgan fingerprint density at radius 2 is 1.95 bits per heavy atom. The van der Waals surface area contributed by atoms with E-state index in [1.165, 1.54) is 18.4 Å². The molecule has 0 aromatic heterocycles. The van der Waals surface area contributed by atoms with Gasteiger partial charge in [0.25, 0.3) is 5.91 Å². The van der Waals surface area contributed by atoms with Gasteiger partial charge in [0.15, 0.2) is 6.61 Å². The number of rotatable bonds is 5. The first-order valence-electron chi connectivity index (χ1n) is 7.85. The number of aryl methyl sites for hydroxylation is 1. The first kappa shape index (κ1) is 15.8. The van der Waals surface area contributed by atoms with Crippen LogP contribution in [0.4, 0.5) is 0 Å². The quantitative estimate of drug-likeness (QED) is 0.906. The number of carbonyl (C=O) groups is 1. The third-order valence-electron chi connectivity index (χ3n) is 3.89. The lowest BCUT2D eigenvalue weighted by molar-refractivity contribution is -0.133. The number of amides is 1. The van der Waals surface area contributed by atoms with Crippen LogP contribution in [0.15, 0.2) is 18.2 Å². The number of hydrogen-bond donors (Lipinski definition) is 1. The predicted molar refractivity (Wildman–Crippen MR) is 84.5 cm³/mol. The van der Waals surface area contributed by atoms with Crippen LogP contribution in [0.1, 0.15) is 36.8 Å². The molecule has 1 saturated heterocycles. The number of nitrogens with one attached hydrogen (secondary N) is 1. The third-order valence-corrected chi connectivity index (χ3v) is 3.89. The number of nitrogens with zero attached hydrogens (tertiary/aromatic N) is 1. The summed E-state index contributed by atoms with van der Waals surface area (Å²) in [5.41, 5.74) is 2.30. The fourth-order valence-corrected chi connectivity index (χ4v) is 2.73. The van der Waals surface area contributed by atoms with E-state index in [-0.39, 0.29) is 12.5 Å². The first-order chi connectivity index (χ1) is 10.2. The van der Waals surface area contributed by atoms with Crippen LogP contribution in [0.5, 0.6) is 5.75 Å². The highest BCUT2D eigenvalue weighted by Gasteiger charge is 2.16. The van der Waals surface area contributed by atoms with Gasteiger partial charge in [-0.25, -0.2) is 0 Å². The maximum Gasteiger partial charge on any atom is 0.260 e. The fourth-order valence-electron chi connectivity index (χ4n) is 2.73. The molecule has 0 bridgehead atoms. The highest BCUT2D eigenvalue weighted by molar-refractivity contribution is 5.77. The largest absolute Gasteiger partial charge is 0.483 e. The van der Waals surface area contributed by atoms with E-state index < -0.39 is 0 Å². The topological polar surface area (TPSA) is 41.6 Å². The number of ether oxygens (including phenoxy) is 1. The molecule has 4 nitrogen and oxygen atoms in total. The Balaban J connectivity index is 1.93. The van der Waals surface area contributed by atoms with Crippen molar-refractivity contribution in [3.63, 3.8) is 0 Å². The van der Waals surface area contributed by atoms with Crippen LogP contribution in [0.25, 0.3) is 0 Å². The molecule has 0 atom stereocenters. The summed E-state index contributed by atoms with van der Waals surface area (Å²) in [6.07, 6.45) is 4.69. The van der Waals surface area contributed by atoms with Crippen molar-refractivity contribution in [1.29, 1.82) is 0 Å². The van der Waals surface area contributed by atoms with Crippen molar-refractivity contribution in [2.24, 2.45) is 0 Å². The monoisotopic (exact) mass is 290 g/mol. The minimum absolute atomic E-state index is 0.105. The molecule has 116 valence electrons. The van der Waals surface area contributed by atoms with Gasteiger partial charge in [0.05, 0.1) is 0 Å². The van der Waals surface area contributed by atoms with Crippen LogP contribution in [0.3, 0.4) is 0 Å². The SMILES string of the molecule is CNCc1cc(C)ccc1OCC(=O)N1CCCCCC1. The summed E-state index contributed by atoms with van der Waals surface area (Å²) < 4.78 is 5.77. The third kappa shape index (κ3) is 4.74. The molecule has 2 rings (SSSR count). The van der Waals surface area contributed by atoms with Crippen molar-refractivity contribution in [1.82, 2.24) is 10.2 Å². The smallest absolute Gasteiger partial charge is 0.260 e. The highest BCUT2D eigenvalue weighted by atomic mass is 16.5. The molecular formula is C17H26N2O2. The normalized spacial score (nSPS) is 15.6. The molecule has 4 heteroatoms. The molecule has 1 amide bonds. The van der Waals surface area contributed by atoms with E-state index in [0.717, 1.165) is 43.8 Å². The Morgan fingerprint density at radius 3 is 2.62 bits per heavy atom. The Hall–Kier alpha value is -1.55. The second-order valence-corrected chi connectivity index (χ2v) is 5.73. The molecule has 0 spiro atoms. The maximum absolute atomic E-state index is 12.2. The summed E-state index contributed by atoms with van der Waals surface area (Å²) in [6.45, 7) is 4.69. The number of likely N-dealkylation sites (tertiary alicyclic amines) is 1. The Labute approximate surface area is 127 Å². The molecule has 1 aromatic rings. The molecular weight excluding hydrogens is 264 g/mol. The van der Waals surface area contributed by atoms with Gasteiger partial charge in [-0.1, -0.05) is 30.5 Å². The van der Waals surface area contributed by atoms with Crippen LogP contribution in [0.2, 0.25) is 0 Å². The maximum atomic E-state index is 12.2. The zero-order valence-electron chi connectivity index (χ0n) is 13.2. The van der Waals surface area contributed by atoms with Crippen LogP contribution in [-0.2, 0) is 11.3 Å². The van der Waals surface area contributed by atoms with Crippen LogP contribution >= 0.6 is 0 Å². The van der Waals surface area contributed by atoms with Crippen molar-refractivity contribution in [3.8, 4) is 5.75 Å². The zero-order valence-corrected chi connectivity index (χ0v) is 13.2. The zero-order chi connectivity index (χ0) is 15.1. The van der Waals surface area contributed by atoms with E-state index in [4.69, 9.17) is 4.74 Å². The van der Waals surface area contributed by atoms with E-state index in [2.05, 4.69) is 18.3 Å². The molecule has 1 fully saturated rings. The summed E-state index contributed by atoms with van der Waals surface area (Å²) in [7, 11) is 1.91. The lowest BCUT2D eigenvalue weighted by Crippen LogP contribution is -2.35. The summed E-state index contributed by atoms with van der Waals surface area (Å²) in [5, 5.41) is 3.14. The Morgan fingerprint density at radius 1 is 1.24 bits per heavy atom. The van der Waals surface area contributed by atoms with Gasteiger partial charge in [-0.05, 0) is 32.9 Å². The molecule has 1 aliphatic heterocycles. The molecule has 21 heavy (non-hydrogen) atoms. The highest BCUT2D eigenvalue weighted by Crippen LogP contribution is 2.20. The minimum Gasteiger partial charge on any atom is -0.483 e. The fraction of sp³-hybridized carbons (Fsp3) is 0.588. The summed E-state index contributed by atoms with van der Waals surface area (Å²) in [4.78, 5) is 14.2. The summed E-state index contributed by atoms with van der Waals surface area (Å²) in [5.74, 6) is 0.908. The van der Waals surface area contributed by atoms with E-state index in [1.807, 2.05) is 24.1 Å². The van der Waals surface area contributed by atoms with Crippen LogP contribution in [0, 0.1) is 6.92 Å². The average Bonchev–Trinajstić information content (AvgIpc) is 2.75. The van der Waals surface area contributed by atoms with Crippen molar-refractivity contribution in [2.45, 2.75) is 39.2 Å². The van der Waals surface area contributed by atoms with Crippen molar-refractivity contribution in [3.05, 3.63) is 29.3 Å². The van der Waals surface area contributed by atoms with E-state index in [9.17, 15) is 4.79 Å². The van der Waals surface area contributed by atoms with Gasteiger partial charge in [-0.15, -0.1) is 0 Å². The lowest BCUT2D eigenvalue weighted by Gasteiger charge is -2.21. The molecule has 0 saturated carbocycles. The van der Waals surface area contributed by atoms with Crippen molar-refractivity contribution < 1.29 is 9.53 Å². The van der Waals surface area contributed by atoms with Crippen molar-refractivity contribution >= 4 is 5.91 Å². The predicted octanol–water partition coefficient (Wildman–Crippen LogP) is 2.50. The van der Waals surface area contributed by atoms with Gasteiger partial charge in [-0.2, -0.15) is 0 Å². The Bertz CT molecular complexity index is 466. The van der Waals surface area contributed by atoms with Crippen LogP contribution < -0.4 is 10.1 Å². The summed E-state index contributed by atoms with van der Waals surface area (Å²) >= 11 is 0. The van der Waals surface area contributed by atoms with Crippen LogP contribution in [-0.4, -0.2) is 37.6 Å². The molecule has 0 aliphatic carbocycles. The van der Waals surface area contributed by atoms with E-state index in [0.29, 0.717) is 0 Å². The average molecular weight is 290 g/mol. The number of hydrogen-bond acceptors (Lipinski definition) is 3. The van der Waals surface area contributed by atoms with Gasteiger partial charge < -0.3 is 15.0 Å². The standard InChI is InChI=1S/C17H26N2O2/c1-14-7-8-16(15(11-14)12-18-2)21-13-17(20)19-9-5-3-4-6-10-19/h7-8,11,18H,3-6,9-10,12-13H2,1-2H3. The molecule has 1 N–H and O–H groups in total. The van der Waals surface area contributed by atoms with Gasteiger partial charge in [0, 0.05) is 25.2 Å².